The van der Waals surface area contributed by atoms with E-state index < -0.39 is 0 Å². The van der Waals surface area contributed by atoms with Crippen LogP contribution in [0.4, 0.5) is 5.69 Å². The molecule has 2 aromatic rings. The van der Waals surface area contributed by atoms with Gasteiger partial charge in [0, 0.05) is 7.05 Å². The van der Waals surface area contributed by atoms with Crippen molar-refractivity contribution in [1.82, 2.24) is 4.90 Å². The van der Waals surface area contributed by atoms with Gasteiger partial charge in [-0.05, 0) is 66.7 Å². The van der Waals surface area contributed by atoms with E-state index in [1.807, 2.05) is 12.1 Å². The number of ether oxygens (including phenoxy) is 3. The Morgan fingerprint density at radius 3 is 2.43 bits per heavy atom. The van der Waals surface area contributed by atoms with Crippen molar-refractivity contribution in [3.63, 3.8) is 0 Å². The van der Waals surface area contributed by atoms with Gasteiger partial charge in [-0.2, -0.15) is 0 Å². The average Bonchev–Trinajstić information content (AvgIpc) is 3.02. The Morgan fingerprint density at radius 1 is 1.10 bits per heavy atom. The minimum atomic E-state index is -0.376. The van der Waals surface area contributed by atoms with E-state index in [4.69, 9.17) is 14.2 Å². The number of hydrogen-bond donors (Lipinski definition) is 0. The number of aliphatic imine (C=N–C) groups is 1. The van der Waals surface area contributed by atoms with Gasteiger partial charge < -0.3 is 14.2 Å². The molecule has 8 heteroatoms. The summed E-state index contributed by atoms with van der Waals surface area (Å²) in [4.78, 5) is 31.0. The summed E-state index contributed by atoms with van der Waals surface area (Å²) in [6.07, 6.45) is 1.79. The molecular formula is C22H22N2O5S. The lowest BCUT2D eigenvalue weighted by molar-refractivity contribution is -0.121. The molecule has 0 unspecified atom stereocenters. The summed E-state index contributed by atoms with van der Waals surface area (Å²) in [7, 11) is 4.82. The first kappa shape index (κ1) is 21.4. The van der Waals surface area contributed by atoms with Crippen LogP contribution >= 0.6 is 11.8 Å². The van der Waals surface area contributed by atoms with Gasteiger partial charge in [0.05, 0.1) is 37.0 Å². The molecule has 0 N–H and O–H groups in total. The molecule has 0 spiro atoms. The highest BCUT2D eigenvalue weighted by Gasteiger charge is 2.30. The normalized spacial score (nSPS) is 16.3. The fourth-order valence-electron chi connectivity index (χ4n) is 2.74. The van der Waals surface area contributed by atoms with E-state index in [9.17, 15) is 9.59 Å². The Labute approximate surface area is 179 Å². The number of rotatable bonds is 6. The number of amidine groups is 1. The Balaban J connectivity index is 1.82. The summed E-state index contributed by atoms with van der Waals surface area (Å²) >= 11 is 1.28. The molecule has 1 heterocycles. The highest BCUT2D eigenvalue weighted by Crippen LogP contribution is 2.35. The maximum Gasteiger partial charge on any atom is 0.338 e. The summed E-state index contributed by atoms with van der Waals surface area (Å²) in [5.74, 6) is 0.693. The van der Waals surface area contributed by atoms with Crippen molar-refractivity contribution in [2.75, 3.05) is 27.9 Å². The first-order valence-corrected chi connectivity index (χ1v) is 10.0. The maximum atomic E-state index is 12.6. The van der Waals surface area contributed by atoms with Crippen LogP contribution in [0, 0.1) is 0 Å². The van der Waals surface area contributed by atoms with Crippen molar-refractivity contribution in [2.45, 2.75) is 6.92 Å². The third kappa shape index (κ3) is 4.65. The molecule has 3 rings (SSSR count). The topological polar surface area (TPSA) is 77.4 Å². The number of likely N-dealkylation sites (N-methyl/N-ethyl adjacent to an activating group) is 1. The summed E-state index contributed by atoms with van der Waals surface area (Å²) in [6.45, 7) is 2.08. The molecule has 1 amide bonds. The van der Waals surface area contributed by atoms with Crippen LogP contribution in [-0.2, 0) is 9.53 Å². The lowest BCUT2D eigenvalue weighted by Gasteiger charge is -2.08. The quantitative estimate of drug-likeness (QED) is 0.511. The zero-order chi connectivity index (χ0) is 21.7. The molecular weight excluding hydrogens is 404 g/mol. The van der Waals surface area contributed by atoms with Crippen LogP contribution in [0.1, 0.15) is 22.8 Å². The van der Waals surface area contributed by atoms with Crippen molar-refractivity contribution in [3.05, 3.63) is 58.5 Å². The van der Waals surface area contributed by atoms with Crippen molar-refractivity contribution in [1.29, 1.82) is 0 Å². The van der Waals surface area contributed by atoms with Crippen LogP contribution in [0.25, 0.3) is 6.08 Å². The van der Waals surface area contributed by atoms with Crippen molar-refractivity contribution in [3.8, 4) is 11.5 Å². The molecule has 2 aromatic carbocycles. The second kappa shape index (κ2) is 9.49. The second-order valence-electron chi connectivity index (χ2n) is 6.25. The number of carbonyl (C=O) groups excluding carboxylic acids is 2. The molecule has 1 fully saturated rings. The van der Waals surface area contributed by atoms with Crippen molar-refractivity contribution >= 4 is 40.6 Å². The molecule has 7 nitrogen and oxygen atoms in total. The van der Waals surface area contributed by atoms with Crippen molar-refractivity contribution < 1.29 is 23.8 Å². The molecule has 0 bridgehead atoms. The maximum absolute atomic E-state index is 12.6. The summed E-state index contributed by atoms with van der Waals surface area (Å²) < 4.78 is 15.5. The van der Waals surface area contributed by atoms with Crippen LogP contribution in [0.15, 0.2) is 52.4 Å². The van der Waals surface area contributed by atoms with Gasteiger partial charge in [-0.3, -0.25) is 9.69 Å². The number of esters is 1. The Bertz CT molecular complexity index is 1010. The molecule has 1 aliphatic rings. The number of hydrogen-bond acceptors (Lipinski definition) is 7. The van der Waals surface area contributed by atoms with E-state index in [0.717, 1.165) is 5.56 Å². The number of amides is 1. The zero-order valence-electron chi connectivity index (χ0n) is 17.2. The Hall–Kier alpha value is -3.26. The van der Waals surface area contributed by atoms with Crippen LogP contribution in [0.2, 0.25) is 0 Å². The molecule has 1 saturated heterocycles. The van der Waals surface area contributed by atoms with Gasteiger partial charge in [-0.15, -0.1) is 0 Å². The Kier molecular flexibility index (Phi) is 6.79. The van der Waals surface area contributed by atoms with Gasteiger partial charge >= 0.3 is 5.97 Å². The molecule has 0 aromatic heterocycles. The molecule has 0 aliphatic carbocycles. The lowest BCUT2D eigenvalue weighted by Crippen LogP contribution is -2.23. The smallest absolute Gasteiger partial charge is 0.338 e. The molecule has 0 saturated carbocycles. The fraction of sp³-hybridized carbons (Fsp3) is 0.227. The predicted molar refractivity (Wildman–Crippen MR) is 117 cm³/mol. The second-order valence-corrected chi connectivity index (χ2v) is 7.26. The Morgan fingerprint density at radius 2 is 1.80 bits per heavy atom. The van der Waals surface area contributed by atoms with E-state index in [0.29, 0.717) is 39.4 Å². The number of nitrogens with zero attached hydrogens (tertiary/aromatic N) is 2. The van der Waals surface area contributed by atoms with Crippen LogP contribution in [0.3, 0.4) is 0 Å². The summed E-state index contributed by atoms with van der Waals surface area (Å²) in [6, 6.07) is 12.2. The van der Waals surface area contributed by atoms with Gasteiger partial charge in [0.25, 0.3) is 5.91 Å². The first-order chi connectivity index (χ1) is 14.5. The average molecular weight is 426 g/mol. The third-order valence-electron chi connectivity index (χ3n) is 4.31. The van der Waals surface area contributed by atoms with Crippen molar-refractivity contribution in [2.24, 2.45) is 4.99 Å². The van der Waals surface area contributed by atoms with E-state index >= 15 is 0 Å². The van der Waals surface area contributed by atoms with E-state index in [1.54, 1.807) is 64.6 Å². The van der Waals surface area contributed by atoms with Gasteiger partial charge in [-0.25, -0.2) is 9.79 Å². The van der Waals surface area contributed by atoms with Gasteiger partial charge in [0.15, 0.2) is 16.7 Å². The van der Waals surface area contributed by atoms with E-state index in [1.165, 1.54) is 16.7 Å². The molecule has 0 atom stereocenters. The summed E-state index contributed by atoms with van der Waals surface area (Å²) in [5.41, 5.74) is 1.91. The predicted octanol–water partition coefficient (Wildman–Crippen LogP) is 4.11. The third-order valence-corrected chi connectivity index (χ3v) is 5.37. The van der Waals surface area contributed by atoms with Crippen LogP contribution in [-0.4, -0.2) is 49.8 Å². The molecule has 0 radical (unpaired) electrons. The van der Waals surface area contributed by atoms with Gasteiger partial charge in [0.2, 0.25) is 0 Å². The number of carbonyl (C=O) groups is 2. The number of thioether (sulfide) groups is 1. The monoisotopic (exact) mass is 426 g/mol. The molecule has 30 heavy (non-hydrogen) atoms. The summed E-state index contributed by atoms with van der Waals surface area (Å²) in [5, 5.41) is 0.551. The standard InChI is InChI=1S/C22H22N2O5S/c1-5-29-21(26)15-7-9-16(10-8-15)23-22-24(2)20(25)19(30-22)13-14-6-11-17(27-3)18(12-14)28-4/h6-13H,5H2,1-4H3/b19-13+,23-22?. The number of methoxy groups -OCH3 is 2. The highest BCUT2D eigenvalue weighted by molar-refractivity contribution is 8.18. The first-order valence-electron chi connectivity index (χ1n) is 9.22. The van der Waals surface area contributed by atoms with Gasteiger partial charge in [0.1, 0.15) is 0 Å². The lowest BCUT2D eigenvalue weighted by atomic mass is 10.2. The minimum absolute atomic E-state index is 0.142. The molecule has 1 aliphatic heterocycles. The minimum Gasteiger partial charge on any atom is -0.493 e. The zero-order valence-corrected chi connectivity index (χ0v) is 18.0. The van der Waals surface area contributed by atoms with Gasteiger partial charge in [-0.1, -0.05) is 6.07 Å². The van der Waals surface area contributed by atoms with E-state index in [2.05, 4.69) is 4.99 Å². The highest BCUT2D eigenvalue weighted by atomic mass is 32.2. The fourth-order valence-corrected chi connectivity index (χ4v) is 3.73. The number of benzene rings is 2. The largest absolute Gasteiger partial charge is 0.493 e. The van der Waals surface area contributed by atoms with Crippen LogP contribution in [0.5, 0.6) is 11.5 Å². The SMILES string of the molecule is CCOC(=O)c1ccc(N=C2S/C(=C/c3ccc(OC)c(OC)c3)C(=O)N2C)cc1. The molecule has 156 valence electrons. The van der Waals surface area contributed by atoms with E-state index in [-0.39, 0.29) is 11.9 Å². The van der Waals surface area contributed by atoms with Crippen LogP contribution < -0.4 is 9.47 Å².